The van der Waals surface area contributed by atoms with Gasteiger partial charge in [-0.3, -0.25) is 0 Å². The molecule has 0 N–H and O–H groups in total. The van der Waals surface area contributed by atoms with Gasteiger partial charge in [0.2, 0.25) is 0 Å². The molecule has 0 fully saturated rings. The maximum Gasteiger partial charge on any atom is 0.410 e. The summed E-state index contributed by atoms with van der Waals surface area (Å²) in [4.78, 5) is 14.1. The van der Waals surface area contributed by atoms with Crippen LogP contribution in [0.5, 0.6) is 5.75 Å². The van der Waals surface area contributed by atoms with E-state index in [1.807, 2.05) is 63.2 Å². The van der Waals surface area contributed by atoms with Gasteiger partial charge in [-0.05, 0) is 26.8 Å². The molecule has 0 saturated heterocycles. The summed E-state index contributed by atoms with van der Waals surface area (Å²) in [6, 6.07) is 13.6. The lowest BCUT2D eigenvalue weighted by Gasteiger charge is -2.26. The van der Waals surface area contributed by atoms with E-state index in [9.17, 15) is 4.79 Å². The molecule has 1 amide bonds. The van der Waals surface area contributed by atoms with Crippen molar-refractivity contribution in [3.63, 3.8) is 0 Å². The zero-order valence-electron chi connectivity index (χ0n) is 14.7. The molecule has 0 saturated carbocycles. The molecule has 0 bridgehead atoms. The summed E-state index contributed by atoms with van der Waals surface area (Å²) in [6.45, 7) is 6.93. The number of hydrogen-bond acceptors (Lipinski definition) is 3. The summed E-state index contributed by atoms with van der Waals surface area (Å²) in [6.07, 6.45) is -0.327. The third kappa shape index (κ3) is 4.07. The quantitative estimate of drug-likeness (QED) is 0.707. The van der Waals surface area contributed by atoms with Crippen LogP contribution in [-0.2, 0) is 11.3 Å². The van der Waals surface area contributed by atoms with Gasteiger partial charge in [0.1, 0.15) is 18.0 Å². The second-order valence-corrected chi connectivity index (χ2v) is 7.43. The van der Waals surface area contributed by atoms with Crippen LogP contribution >= 0.6 is 11.6 Å². The SMILES string of the molecule is CC(C)(C)OC(=O)N1CCOc2c(cccc2-c2ccccc2Cl)C1. The van der Waals surface area contributed by atoms with Crippen molar-refractivity contribution in [1.29, 1.82) is 0 Å². The van der Waals surface area contributed by atoms with E-state index >= 15 is 0 Å². The molecule has 0 aliphatic carbocycles. The number of hydrogen-bond donors (Lipinski definition) is 0. The minimum atomic E-state index is -0.521. The number of benzene rings is 2. The largest absolute Gasteiger partial charge is 0.491 e. The fraction of sp³-hybridized carbons (Fsp3) is 0.350. The molecule has 3 rings (SSSR count). The number of para-hydroxylation sites is 1. The molecular formula is C20H22ClNO3. The Morgan fingerprint density at radius 1 is 1.12 bits per heavy atom. The molecule has 0 atom stereocenters. The van der Waals surface area contributed by atoms with Gasteiger partial charge in [-0.2, -0.15) is 0 Å². The number of carbonyl (C=O) groups excluding carboxylic acids is 1. The van der Waals surface area contributed by atoms with Crippen LogP contribution in [0.1, 0.15) is 26.3 Å². The summed E-state index contributed by atoms with van der Waals surface area (Å²) in [5.74, 6) is 0.779. The predicted molar refractivity (Wildman–Crippen MR) is 99.0 cm³/mol. The first-order valence-corrected chi connectivity index (χ1v) is 8.70. The lowest BCUT2D eigenvalue weighted by atomic mass is 10.0. The summed E-state index contributed by atoms with van der Waals surface area (Å²) in [7, 11) is 0. The minimum absolute atomic E-state index is 0.327. The Bertz CT molecular complexity index is 783. The third-order valence-corrected chi connectivity index (χ3v) is 4.21. The van der Waals surface area contributed by atoms with Gasteiger partial charge >= 0.3 is 6.09 Å². The zero-order chi connectivity index (χ0) is 18.0. The van der Waals surface area contributed by atoms with Crippen molar-refractivity contribution in [3.8, 4) is 16.9 Å². The van der Waals surface area contributed by atoms with Crippen LogP contribution in [0.15, 0.2) is 42.5 Å². The number of amides is 1. The smallest absolute Gasteiger partial charge is 0.410 e. The molecule has 132 valence electrons. The lowest BCUT2D eigenvalue weighted by Crippen LogP contribution is -2.37. The van der Waals surface area contributed by atoms with Gasteiger partial charge in [0.15, 0.2) is 0 Å². The predicted octanol–water partition coefficient (Wildman–Crippen LogP) is 5.14. The number of fused-ring (bicyclic) bond motifs is 1. The molecule has 0 aromatic heterocycles. The van der Waals surface area contributed by atoms with Gasteiger partial charge in [0.25, 0.3) is 0 Å². The molecule has 25 heavy (non-hydrogen) atoms. The van der Waals surface area contributed by atoms with E-state index in [1.165, 1.54) is 0 Å². The Labute approximate surface area is 153 Å². The normalized spacial score (nSPS) is 14.3. The fourth-order valence-electron chi connectivity index (χ4n) is 2.80. The van der Waals surface area contributed by atoms with Crippen LogP contribution in [0.3, 0.4) is 0 Å². The highest BCUT2D eigenvalue weighted by Crippen LogP contribution is 2.38. The standard InChI is InChI=1S/C20H22ClNO3/c1-20(2,3)25-19(23)22-11-12-24-18-14(13-22)7-6-9-16(18)15-8-4-5-10-17(15)21/h4-10H,11-13H2,1-3H3. The Kier molecular flexibility index (Phi) is 4.91. The number of carbonyl (C=O) groups is 1. The molecule has 1 aliphatic rings. The first-order chi connectivity index (χ1) is 11.8. The molecule has 5 heteroatoms. The second kappa shape index (κ2) is 6.96. The van der Waals surface area contributed by atoms with E-state index < -0.39 is 5.60 Å². The van der Waals surface area contributed by atoms with Crippen molar-refractivity contribution >= 4 is 17.7 Å². The van der Waals surface area contributed by atoms with Gasteiger partial charge in [-0.15, -0.1) is 0 Å². The van der Waals surface area contributed by atoms with Crippen LogP contribution in [-0.4, -0.2) is 29.7 Å². The molecule has 2 aromatic rings. The number of rotatable bonds is 1. The molecular weight excluding hydrogens is 338 g/mol. The number of nitrogens with zero attached hydrogens (tertiary/aromatic N) is 1. The Hall–Kier alpha value is -2.20. The lowest BCUT2D eigenvalue weighted by molar-refractivity contribution is 0.0225. The van der Waals surface area contributed by atoms with Gasteiger partial charge in [0.05, 0.1) is 13.1 Å². The van der Waals surface area contributed by atoms with Gasteiger partial charge < -0.3 is 14.4 Å². The third-order valence-electron chi connectivity index (χ3n) is 3.88. The summed E-state index contributed by atoms with van der Waals surface area (Å²) < 4.78 is 11.5. The average molecular weight is 360 g/mol. The van der Waals surface area contributed by atoms with Gasteiger partial charge in [-0.25, -0.2) is 4.79 Å². The first-order valence-electron chi connectivity index (χ1n) is 8.33. The topological polar surface area (TPSA) is 38.8 Å². The van der Waals surface area contributed by atoms with Gasteiger partial charge in [0, 0.05) is 21.7 Å². The minimum Gasteiger partial charge on any atom is -0.491 e. The Morgan fingerprint density at radius 3 is 2.56 bits per heavy atom. The summed E-state index contributed by atoms with van der Waals surface area (Å²) >= 11 is 6.35. The molecule has 1 aliphatic heterocycles. The maximum atomic E-state index is 12.4. The van der Waals surface area contributed by atoms with Crippen molar-refractivity contribution in [2.75, 3.05) is 13.2 Å². The van der Waals surface area contributed by atoms with Crippen LogP contribution < -0.4 is 4.74 Å². The molecule has 2 aromatic carbocycles. The highest BCUT2D eigenvalue weighted by atomic mass is 35.5. The van der Waals surface area contributed by atoms with E-state index in [0.29, 0.717) is 24.7 Å². The van der Waals surface area contributed by atoms with Crippen LogP contribution in [0.4, 0.5) is 4.79 Å². The van der Waals surface area contributed by atoms with Gasteiger partial charge in [-0.1, -0.05) is 48.0 Å². The van der Waals surface area contributed by atoms with Crippen LogP contribution in [0.2, 0.25) is 5.02 Å². The second-order valence-electron chi connectivity index (χ2n) is 7.02. The summed E-state index contributed by atoms with van der Waals surface area (Å²) in [5.41, 5.74) is 2.29. The van der Waals surface area contributed by atoms with E-state index in [2.05, 4.69) is 0 Å². The Balaban J connectivity index is 1.92. The van der Waals surface area contributed by atoms with E-state index in [4.69, 9.17) is 21.1 Å². The fourth-order valence-corrected chi connectivity index (χ4v) is 3.03. The molecule has 0 unspecified atom stereocenters. The molecule has 0 spiro atoms. The maximum absolute atomic E-state index is 12.4. The van der Waals surface area contributed by atoms with E-state index in [1.54, 1.807) is 4.90 Å². The van der Waals surface area contributed by atoms with Crippen molar-refractivity contribution in [2.45, 2.75) is 32.9 Å². The Morgan fingerprint density at radius 2 is 1.84 bits per heavy atom. The average Bonchev–Trinajstić information content (AvgIpc) is 2.76. The number of ether oxygens (including phenoxy) is 2. The first kappa shape index (κ1) is 17.6. The van der Waals surface area contributed by atoms with Crippen molar-refractivity contribution < 1.29 is 14.3 Å². The molecule has 1 heterocycles. The zero-order valence-corrected chi connectivity index (χ0v) is 15.5. The van der Waals surface area contributed by atoms with Crippen molar-refractivity contribution in [3.05, 3.63) is 53.1 Å². The van der Waals surface area contributed by atoms with Crippen LogP contribution in [0, 0.1) is 0 Å². The molecule has 0 radical (unpaired) electrons. The van der Waals surface area contributed by atoms with Crippen LogP contribution in [0.25, 0.3) is 11.1 Å². The number of halogens is 1. The summed E-state index contributed by atoms with van der Waals surface area (Å²) in [5, 5.41) is 0.674. The van der Waals surface area contributed by atoms with E-state index in [0.717, 1.165) is 22.4 Å². The van der Waals surface area contributed by atoms with Crippen molar-refractivity contribution in [2.24, 2.45) is 0 Å². The molecule has 4 nitrogen and oxygen atoms in total. The van der Waals surface area contributed by atoms with E-state index in [-0.39, 0.29) is 6.09 Å². The highest BCUT2D eigenvalue weighted by molar-refractivity contribution is 6.33. The monoisotopic (exact) mass is 359 g/mol. The highest BCUT2D eigenvalue weighted by Gasteiger charge is 2.26. The van der Waals surface area contributed by atoms with Crippen molar-refractivity contribution in [1.82, 2.24) is 4.90 Å².